The van der Waals surface area contributed by atoms with Crippen LogP contribution in [0.1, 0.15) is 29.7 Å². The zero-order valence-electron chi connectivity index (χ0n) is 13.9. The normalized spacial score (nSPS) is 16.6. The SMILES string of the molecule is O=C(O)/C(=C\c1cccc(Cl)c1)c1ccc(S(=O)(=O)N2CCCCC2)s1. The number of carboxylic acids is 1. The van der Waals surface area contributed by atoms with E-state index in [4.69, 9.17) is 11.6 Å². The highest BCUT2D eigenvalue weighted by atomic mass is 35.5. The van der Waals surface area contributed by atoms with Crippen molar-refractivity contribution in [2.45, 2.75) is 23.5 Å². The Morgan fingerprint density at radius 3 is 2.54 bits per heavy atom. The van der Waals surface area contributed by atoms with Crippen LogP contribution in [0.3, 0.4) is 0 Å². The van der Waals surface area contributed by atoms with Crippen molar-refractivity contribution in [3.05, 3.63) is 51.9 Å². The van der Waals surface area contributed by atoms with Crippen molar-refractivity contribution in [1.82, 2.24) is 4.31 Å². The molecule has 26 heavy (non-hydrogen) atoms. The average molecular weight is 412 g/mol. The molecule has 1 aliphatic rings. The molecule has 1 fully saturated rings. The first kappa shape index (κ1) is 19.1. The van der Waals surface area contributed by atoms with Crippen LogP contribution in [-0.4, -0.2) is 36.9 Å². The number of benzene rings is 1. The zero-order chi connectivity index (χ0) is 18.7. The van der Waals surface area contributed by atoms with Crippen molar-refractivity contribution in [2.24, 2.45) is 0 Å². The quantitative estimate of drug-likeness (QED) is 0.748. The van der Waals surface area contributed by atoms with Crippen molar-refractivity contribution < 1.29 is 18.3 Å². The Labute approximate surface area is 161 Å². The fourth-order valence-electron chi connectivity index (χ4n) is 2.84. The molecule has 1 aromatic heterocycles. The molecule has 5 nitrogen and oxygen atoms in total. The number of carbonyl (C=O) groups is 1. The molecule has 0 saturated carbocycles. The van der Waals surface area contributed by atoms with Crippen LogP contribution >= 0.6 is 22.9 Å². The first-order valence-electron chi connectivity index (χ1n) is 8.19. The van der Waals surface area contributed by atoms with Crippen molar-refractivity contribution in [1.29, 1.82) is 0 Å². The number of halogens is 1. The fraction of sp³-hybridized carbons (Fsp3) is 0.278. The minimum absolute atomic E-state index is 0.0392. The van der Waals surface area contributed by atoms with Crippen LogP contribution in [0.4, 0.5) is 0 Å². The lowest BCUT2D eigenvalue weighted by atomic mass is 10.1. The molecule has 138 valence electrons. The molecule has 1 aromatic carbocycles. The van der Waals surface area contributed by atoms with Crippen LogP contribution < -0.4 is 0 Å². The highest BCUT2D eigenvalue weighted by molar-refractivity contribution is 7.91. The number of hydrogen-bond donors (Lipinski definition) is 1. The van der Waals surface area contributed by atoms with Gasteiger partial charge in [-0.2, -0.15) is 4.31 Å². The number of sulfonamides is 1. The van der Waals surface area contributed by atoms with Gasteiger partial charge in [-0.3, -0.25) is 0 Å². The van der Waals surface area contributed by atoms with E-state index in [0.29, 0.717) is 28.6 Å². The number of rotatable bonds is 5. The monoisotopic (exact) mass is 411 g/mol. The van der Waals surface area contributed by atoms with Gasteiger partial charge in [0.2, 0.25) is 0 Å². The summed E-state index contributed by atoms with van der Waals surface area (Å²) in [7, 11) is -3.57. The van der Waals surface area contributed by atoms with Gasteiger partial charge in [0.25, 0.3) is 10.0 Å². The molecule has 0 unspecified atom stereocenters. The number of nitrogens with zero attached hydrogens (tertiary/aromatic N) is 1. The van der Waals surface area contributed by atoms with E-state index in [1.165, 1.54) is 16.4 Å². The molecule has 1 N–H and O–H groups in total. The van der Waals surface area contributed by atoms with Crippen LogP contribution in [-0.2, 0) is 14.8 Å². The number of aliphatic carboxylic acids is 1. The highest BCUT2D eigenvalue weighted by Gasteiger charge is 2.28. The second-order valence-electron chi connectivity index (χ2n) is 6.00. The standard InChI is InChI=1S/C18H18ClNO4S2/c19-14-6-4-5-13(11-14)12-15(18(21)22)16-7-8-17(25-16)26(23,24)20-9-2-1-3-10-20/h4-8,11-12H,1-3,9-10H2,(H,21,22)/b15-12-. The lowest BCUT2D eigenvalue weighted by Crippen LogP contribution is -2.35. The fourth-order valence-corrected chi connectivity index (χ4v) is 6.02. The first-order chi connectivity index (χ1) is 12.4. The van der Waals surface area contributed by atoms with Gasteiger partial charge in [0, 0.05) is 23.0 Å². The Hall–Kier alpha value is -1.67. The molecule has 1 saturated heterocycles. The molecule has 2 heterocycles. The van der Waals surface area contributed by atoms with E-state index in [1.807, 2.05) is 0 Å². The van der Waals surface area contributed by atoms with E-state index in [0.717, 1.165) is 30.6 Å². The molecule has 0 amide bonds. The van der Waals surface area contributed by atoms with Crippen molar-refractivity contribution >= 4 is 50.6 Å². The summed E-state index contributed by atoms with van der Waals surface area (Å²) >= 11 is 6.93. The van der Waals surface area contributed by atoms with Gasteiger partial charge in [-0.15, -0.1) is 11.3 Å². The van der Waals surface area contributed by atoms with E-state index >= 15 is 0 Å². The van der Waals surface area contributed by atoms with Gasteiger partial charge in [-0.05, 0) is 48.7 Å². The van der Waals surface area contributed by atoms with Crippen LogP contribution in [0.15, 0.2) is 40.6 Å². The van der Waals surface area contributed by atoms with Crippen LogP contribution in [0.25, 0.3) is 11.6 Å². The highest BCUT2D eigenvalue weighted by Crippen LogP contribution is 2.32. The molecule has 0 radical (unpaired) electrons. The molecule has 1 aliphatic heterocycles. The molecule has 0 atom stereocenters. The van der Waals surface area contributed by atoms with Crippen molar-refractivity contribution in [3.63, 3.8) is 0 Å². The minimum Gasteiger partial charge on any atom is -0.478 e. The lowest BCUT2D eigenvalue weighted by Gasteiger charge is -2.25. The number of carboxylic acid groups (broad SMARTS) is 1. The van der Waals surface area contributed by atoms with Crippen molar-refractivity contribution in [2.75, 3.05) is 13.1 Å². The lowest BCUT2D eigenvalue weighted by molar-refractivity contribution is -0.130. The molecule has 8 heteroatoms. The van der Waals surface area contributed by atoms with E-state index in [1.54, 1.807) is 30.3 Å². The predicted octanol–water partition coefficient (Wildman–Crippen LogP) is 4.20. The van der Waals surface area contributed by atoms with Crippen LogP contribution in [0, 0.1) is 0 Å². The summed E-state index contributed by atoms with van der Waals surface area (Å²) in [5.74, 6) is -1.12. The van der Waals surface area contributed by atoms with Gasteiger partial charge in [-0.25, -0.2) is 13.2 Å². The largest absolute Gasteiger partial charge is 0.478 e. The number of hydrogen-bond acceptors (Lipinski definition) is 4. The summed E-state index contributed by atoms with van der Waals surface area (Å²) in [4.78, 5) is 12.1. The third-order valence-corrected chi connectivity index (χ3v) is 7.87. The third kappa shape index (κ3) is 4.17. The first-order valence-corrected chi connectivity index (χ1v) is 10.8. The van der Waals surface area contributed by atoms with Gasteiger partial charge in [-0.1, -0.05) is 30.2 Å². The molecule has 3 rings (SSSR count). The second kappa shape index (κ2) is 7.92. The Kier molecular flexibility index (Phi) is 5.82. The topological polar surface area (TPSA) is 74.7 Å². The van der Waals surface area contributed by atoms with Crippen LogP contribution in [0.5, 0.6) is 0 Å². The zero-order valence-corrected chi connectivity index (χ0v) is 16.3. The Morgan fingerprint density at radius 2 is 1.88 bits per heavy atom. The summed E-state index contributed by atoms with van der Waals surface area (Å²) < 4.78 is 27.1. The van der Waals surface area contributed by atoms with Gasteiger partial charge >= 0.3 is 5.97 Å². The molecule has 0 spiro atoms. The smallest absolute Gasteiger partial charge is 0.337 e. The summed E-state index contributed by atoms with van der Waals surface area (Å²) in [5.41, 5.74) is 0.682. The maximum Gasteiger partial charge on any atom is 0.337 e. The summed E-state index contributed by atoms with van der Waals surface area (Å²) in [6.45, 7) is 1.03. The Balaban J connectivity index is 1.94. The van der Waals surface area contributed by atoms with E-state index in [9.17, 15) is 18.3 Å². The predicted molar refractivity (Wildman–Crippen MR) is 104 cm³/mol. The van der Waals surface area contributed by atoms with E-state index in [2.05, 4.69) is 0 Å². The molecule has 0 bridgehead atoms. The number of piperidine rings is 1. The summed E-state index contributed by atoms with van der Waals surface area (Å²) in [6, 6.07) is 9.87. The molecule has 0 aliphatic carbocycles. The van der Waals surface area contributed by atoms with Crippen molar-refractivity contribution in [3.8, 4) is 0 Å². The van der Waals surface area contributed by atoms with Gasteiger partial charge < -0.3 is 5.11 Å². The third-order valence-electron chi connectivity index (χ3n) is 4.15. The summed E-state index contributed by atoms with van der Waals surface area (Å²) in [6.07, 6.45) is 4.24. The van der Waals surface area contributed by atoms with E-state index in [-0.39, 0.29) is 9.78 Å². The van der Waals surface area contributed by atoms with E-state index < -0.39 is 16.0 Å². The Bertz CT molecular complexity index is 944. The van der Waals surface area contributed by atoms with Gasteiger partial charge in [0.1, 0.15) is 4.21 Å². The van der Waals surface area contributed by atoms with Gasteiger partial charge in [0.15, 0.2) is 0 Å². The summed E-state index contributed by atoms with van der Waals surface area (Å²) in [5, 5.41) is 10.1. The number of thiophene rings is 1. The van der Waals surface area contributed by atoms with Gasteiger partial charge in [0.05, 0.1) is 5.57 Å². The maximum absolute atomic E-state index is 12.7. The molecule has 2 aromatic rings. The maximum atomic E-state index is 12.7. The molecular formula is C18H18ClNO4S2. The molecular weight excluding hydrogens is 394 g/mol. The Morgan fingerprint density at radius 1 is 1.15 bits per heavy atom. The average Bonchev–Trinajstić information content (AvgIpc) is 3.11. The second-order valence-corrected chi connectivity index (χ2v) is 9.69. The van der Waals surface area contributed by atoms with Crippen LogP contribution in [0.2, 0.25) is 5.02 Å². The minimum atomic E-state index is -3.57.